The molecule has 0 radical (unpaired) electrons. The van der Waals surface area contributed by atoms with Crippen molar-refractivity contribution < 1.29 is 5.11 Å². The molecule has 5 aromatic carbocycles. The third-order valence-electron chi connectivity index (χ3n) is 8.36. The fourth-order valence-electron chi connectivity index (χ4n) is 6.17. The number of phenols is 1. The van der Waals surface area contributed by atoms with Crippen LogP contribution < -0.4 is 0 Å². The number of fused-ring (bicyclic) bond motifs is 6. The van der Waals surface area contributed by atoms with Crippen LogP contribution in [0.15, 0.2) is 140 Å². The van der Waals surface area contributed by atoms with Crippen molar-refractivity contribution in [2.45, 2.75) is 0 Å². The van der Waals surface area contributed by atoms with Gasteiger partial charge in [-0.05, 0) is 36.4 Å². The average molecular weight is 593 g/mol. The van der Waals surface area contributed by atoms with Crippen LogP contribution in [0.1, 0.15) is 0 Å². The molecule has 0 spiro atoms. The van der Waals surface area contributed by atoms with Gasteiger partial charge in [0, 0.05) is 32.7 Å². The van der Waals surface area contributed by atoms with Gasteiger partial charge in [-0.25, -0.2) is 15.0 Å². The largest absolute Gasteiger partial charge is 0.507 e. The maximum atomic E-state index is 10.5. The summed E-state index contributed by atoms with van der Waals surface area (Å²) in [6, 6.07) is 45.7. The summed E-state index contributed by atoms with van der Waals surface area (Å²) in [5.41, 5.74) is 6.32. The van der Waals surface area contributed by atoms with E-state index < -0.39 is 0 Å². The minimum absolute atomic E-state index is 0.180. The Kier molecular flexibility index (Phi) is 5.83. The number of phenolic OH excluding ortho intramolecular Hbond substituents is 1. The molecule has 0 aliphatic heterocycles. The van der Waals surface area contributed by atoms with Gasteiger partial charge >= 0.3 is 0 Å². The highest BCUT2D eigenvalue weighted by atomic mass is 16.3. The molecule has 216 valence electrons. The van der Waals surface area contributed by atoms with Crippen molar-refractivity contribution in [3.05, 3.63) is 140 Å². The summed E-state index contributed by atoms with van der Waals surface area (Å²) in [5.74, 6) is 1.71. The molecule has 7 heteroatoms. The Hall–Kier alpha value is -6.47. The van der Waals surface area contributed by atoms with Crippen LogP contribution in [-0.4, -0.2) is 34.6 Å². The molecule has 0 aliphatic carbocycles. The fourth-order valence-corrected chi connectivity index (χ4v) is 6.17. The fraction of sp³-hybridized carbons (Fsp3) is 0. The van der Waals surface area contributed by atoms with Crippen LogP contribution in [0.5, 0.6) is 5.75 Å². The SMILES string of the molecule is Oc1ccccc1-c1ccc2ccc3ccc(-c4nc(-c5ccccc5)nc(-n5c6ccccc6c6ccccc65)n4)nc3c2n1. The summed E-state index contributed by atoms with van der Waals surface area (Å²) in [7, 11) is 0. The van der Waals surface area contributed by atoms with E-state index in [4.69, 9.17) is 24.9 Å². The van der Waals surface area contributed by atoms with Crippen LogP contribution in [0.2, 0.25) is 0 Å². The number of benzene rings is 5. The summed E-state index contributed by atoms with van der Waals surface area (Å²) < 4.78 is 2.10. The Morgan fingerprint density at radius 3 is 1.67 bits per heavy atom. The zero-order valence-corrected chi connectivity index (χ0v) is 24.4. The Morgan fingerprint density at radius 1 is 0.435 bits per heavy atom. The van der Waals surface area contributed by atoms with Crippen molar-refractivity contribution in [3.8, 4) is 45.9 Å². The first-order valence-corrected chi connectivity index (χ1v) is 15.0. The van der Waals surface area contributed by atoms with E-state index in [0.717, 1.165) is 49.2 Å². The van der Waals surface area contributed by atoms with E-state index in [0.29, 0.717) is 34.5 Å². The number of aromatic nitrogens is 6. The van der Waals surface area contributed by atoms with Crippen molar-refractivity contribution >= 4 is 43.6 Å². The van der Waals surface area contributed by atoms with Crippen molar-refractivity contribution in [1.29, 1.82) is 0 Å². The highest BCUT2D eigenvalue weighted by Crippen LogP contribution is 2.34. The minimum atomic E-state index is 0.180. The molecule has 0 saturated heterocycles. The van der Waals surface area contributed by atoms with Crippen LogP contribution in [0.3, 0.4) is 0 Å². The van der Waals surface area contributed by atoms with Crippen molar-refractivity contribution in [2.24, 2.45) is 0 Å². The van der Waals surface area contributed by atoms with E-state index in [1.807, 2.05) is 91.0 Å². The van der Waals surface area contributed by atoms with Crippen LogP contribution in [0.4, 0.5) is 0 Å². The molecule has 0 unspecified atom stereocenters. The van der Waals surface area contributed by atoms with Gasteiger partial charge < -0.3 is 5.11 Å². The van der Waals surface area contributed by atoms with Gasteiger partial charge in [0.2, 0.25) is 5.95 Å². The van der Waals surface area contributed by atoms with E-state index in [2.05, 4.69) is 41.0 Å². The molecule has 0 bridgehead atoms. The molecule has 4 heterocycles. The topological polar surface area (TPSA) is 89.6 Å². The van der Waals surface area contributed by atoms with E-state index in [1.54, 1.807) is 12.1 Å². The van der Waals surface area contributed by atoms with Gasteiger partial charge in [0.1, 0.15) is 11.4 Å². The molecule has 0 aliphatic rings. The van der Waals surface area contributed by atoms with Gasteiger partial charge in [-0.3, -0.25) is 4.57 Å². The average Bonchev–Trinajstić information content (AvgIpc) is 3.46. The highest BCUT2D eigenvalue weighted by Gasteiger charge is 2.18. The first kappa shape index (κ1) is 26.0. The molecule has 46 heavy (non-hydrogen) atoms. The Bertz CT molecular complexity index is 2560. The van der Waals surface area contributed by atoms with E-state index in [9.17, 15) is 5.11 Å². The first-order chi connectivity index (χ1) is 22.7. The normalized spacial score (nSPS) is 11.6. The molecule has 4 aromatic heterocycles. The quantitative estimate of drug-likeness (QED) is 0.206. The van der Waals surface area contributed by atoms with E-state index in [-0.39, 0.29) is 5.75 Å². The van der Waals surface area contributed by atoms with E-state index >= 15 is 0 Å². The third-order valence-corrected chi connectivity index (χ3v) is 8.36. The molecule has 0 fully saturated rings. The van der Waals surface area contributed by atoms with Gasteiger partial charge in [-0.15, -0.1) is 0 Å². The van der Waals surface area contributed by atoms with Gasteiger partial charge in [0.05, 0.1) is 27.8 Å². The monoisotopic (exact) mass is 592 g/mol. The maximum absolute atomic E-state index is 10.5. The summed E-state index contributed by atoms with van der Waals surface area (Å²) in [6.07, 6.45) is 0. The summed E-state index contributed by atoms with van der Waals surface area (Å²) in [4.78, 5) is 25.1. The van der Waals surface area contributed by atoms with Gasteiger partial charge in [0.15, 0.2) is 11.6 Å². The third kappa shape index (κ3) is 4.17. The Balaban J connectivity index is 1.29. The van der Waals surface area contributed by atoms with Crippen LogP contribution in [-0.2, 0) is 0 Å². The zero-order chi connectivity index (χ0) is 30.6. The van der Waals surface area contributed by atoms with Crippen molar-refractivity contribution in [3.63, 3.8) is 0 Å². The zero-order valence-electron chi connectivity index (χ0n) is 24.4. The first-order valence-electron chi connectivity index (χ1n) is 15.0. The lowest BCUT2D eigenvalue weighted by Gasteiger charge is -2.11. The number of aromatic hydroxyl groups is 1. The molecular weight excluding hydrogens is 568 g/mol. The summed E-state index contributed by atoms with van der Waals surface area (Å²) >= 11 is 0. The second-order valence-corrected chi connectivity index (χ2v) is 11.1. The molecule has 7 nitrogen and oxygen atoms in total. The number of nitrogens with zero attached hydrogens (tertiary/aromatic N) is 6. The molecular formula is C39H24N6O. The minimum Gasteiger partial charge on any atom is -0.507 e. The van der Waals surface area contributed by atoms with Crippen molar-refractivity contribution in [2.75, 3.05) is 0 Å². The van der Waals surface area contributed by atoms with Crippen LogP contribution in [0.25, 0.3) is 83.7 Å². The second-order valence-electron chi connectivity index (χ2n) is 11.1. The van der Waals surface area contributed by atoms with Crippen LogP contribution >= 0.6 is 0 Å². The molecule has 0 amide bonds. The standard InChI is InChI=1S/C39H24N6O/c46-34-17-9-6-14-29(34)30-22-20-24-18-19-25-21-23-31(41-36(25)35(24)40-30)38-42-37(26-10-2-1-3-11-26)43-39(44-38)45-32-15-7-4-12-27(32)28-13-5-8-16-33(28)45/h1-23,46H. The second kappa shape index (κ2) is 10.3. The summed E-state index contributed by atoms with van der Waals surface area (Å²) in [6.45, 7) is 0. The molecule has 9 rings (SSSR count). The van der Waals surface area contributed by atoms with Gasteiger partial charge in [-0.1, -0.05) is 103 Å². The van der Waals surface area contributed by atoms with Crippen LogP contribution in [0, 0.1) is 0 Å². The lowest BCUT2D eigenvalue weighted by molar-refractivity contribution is 0.477. The lowest BCUT2D eigenvalue weighted by Crippen LogP contribution is -2.07. The Morgan fingerprint density at radius 2 is 0.978 bits per heavy atom. The number of hydrogen-bond acceptors (Lipinski definition) is 6. The number of para-hydroxylation sites is 3. The highest BCUT2D eigenvalue weighted by molar-refractivity contribution is 6.09. The molecule has 0 saturated carbocycles. The summed E-state index contributed by atoms with van der Waals surface area (Å²) in [5, 5.41) is 14.7. The molecule has 9 aromatic rings. The molecule has 1 N–H and O–H groups in total. The van der Waals surface area contributed by atoms with Gasteiger partial charge in [0.25, 0.3) is 0 Å². The number of hydrogen-bond donors (Lipinski definition) is 1. The predicted octanol–water partition coefficient (Wildman–Crippen LogP) is 8.77. The maximum Gasteiger partial charge on any atom is 0.238 e. The number of rotatable bonds is 4. The van der Waals surface area contributed by atoms with Gasteiger partial charge in [-0.2, -0.15) is 9.97 Å². The van der Waals surface area contributed by atoms with E-state index in [1.165, 1.54) is 0 Å². The van der Waals surface area contributed by atoms with Crippen molar-refractivity contribution in [1.82, 2.24) is 29.5 Å². The Labute approximate surface area is 263 Å². The smallest absolute Gasteiger partial charge is 0.238 e. The number of pyridine rings is 2. The molecule has 0 atom stereocenters. The predicted molar refractivity (Wildman–Crippen MR) is 183 cm³/mol. The lowest BCUT2D eigenvalue weighted by atomic mass is 10.1.